The van der Waals surface area contributed by atoms with Gasteiger partial charge in [-0.3, -0.25) is 9.36 Å². The Hall–Kier alpha value is -9.05. The number of fused-ring (bicyclic) bond motifs is 4. The van der Waals surface area contributed by atoms with Gasteiger partial charge in [0.2, 0.25) is 0 Å². The van der Waals surface area contributed by atoms with E-state index in [1.165, 1.54) is 5.56 Å². The molecule has 0 saturated heterocycles. The second-order valence-corrected chi connectivity index (χ2v) is 18.0. The van der Waals surface area contributed by atoms with Crippen LogP contribution in [0.2, 0.25) is 0 Å². The zero-order chi connectivity index (χ0) is 47.0. The van der Waals surface area contributed by atoms with Crippen LogP contribution in [0.3, 0.4) is 0 Å². The summed E-state index contributed by atoms with van der Waals surface area (Å²) in [6, 6.07) is 88.0. The van der Waals surface area contributed by atoms with Crippen molar-refractivity contribution in [1.29, 1.82) is 0 Å². The lowest BCUT2D eigenvalue weighted by atomic mass is 9.64. The Bertz CT molecular complexity index is 3840. The van der Waals surface area contributed by atoms with Gasteiger partial charge in [0.25, 0.3) is 5.56 Å². The Morgan fingerprint density at radius 1 is 0.429 bits per heavy atom. The molecule has 0 amide bonds. The van der Waals surface area contributed by atoms with Gasteiger partial charge in [0.15, 0.2) is 0 Å². The highest BCUT2D eigenvalue weighted by molar-refractivity contribution is 6.10. The molecule has 0 saturated carbocycles. The molecule has 0 spiro atoms. The van der Waals surface area contributed by atoms with Crippen molar-refractivity contribution in [1.82, 2.24) is 4.57 Å². The molecule has 70 heavy (non-hydrogen) atoms. The quantitative estimate of drug-likeness (QED) is 0.110. The van der Waals surface area contributed by atoms with Crippen LogP contribution in [0.5, 0.6) is 0 Å². The number of hydrogen-bond donors (Lipinski definition) is 1. The molecule has 1 unspecified atom stereocenters. The minimum absolute atomic E-state index is 0.0450. The molecule has 11 aromatic rings. The first-order chi connectivity index (χ1) is 34.6. The second-order valence-electron chi connectivity index (χ2n) is 18.0. The van der Waals surface area contributed by atoms with E-state index in [2.05, 4.69) is 261 Å². The molecule has 0 bridgehead atoms. The van der Waals surface area contributed by atoms with Crippen molar-refractivity contribution in [2.24, 2.45) is 0 Å². The lowest BCUT2D eigenvalue weighted by Crippen LogP contribution is -2.37. The molecule has 0 aliphatic carbocycles. The van der Waals surface area contributed by atoms with E-state index in [0.29, 0.717) is 5.39 Å². The lowest BCUT2D eigenvalue weighted by Gasteiger charge is -2.42. The number of rotatable bonds is 10. The maximum Gasteiger partial charge on any atom is 0.263 e. The summed E-state index contributed by atoms with van der Waals surface area (Å²) in [7, 11) is 0. The van der Waals surface area contributed by atoms with Crippen LogP contribution < -0.4 is 10.9 Å². The van der Waals surface area contributed by atoms with Crippen LogP contribution in [-0.2, 0) is 5.41 Å². The first-order valence-corrected chi connectivity index (χ1v) is 24.0. The molecule has 3 nitrogen and oxygen atoms in total. The third-order valence-electron chi connectivity index (χ3n) is 14.0. The number of anilines is 2. The van der Waals surface area contributed by atoms with Crippen LogP contribution in [0.1, 0.15) is 29.2 Å². The zero-order valence-corrected chi connectivity index (χ0v) is 38.8. The van der Waals surface area contributed by atoms with Gasteiger partial charge in [0.05, 0.1) is 16.6 Å². The highest BCUT2D eigenvalue weighted by Gasteiger charge is 2.44. The molecule has 10 aromatic carbocycles. The number of benzene rings is 10. The Kier molecular flexibility index (Phi) is 10.8. The number of pyridine rings is 1. The van der Waals surface area contributed by atoms with Gasteiger partial charge in [0.1, 0.15) is 0 Å². The van der Waals surface area contributed by atoms with Crippen LogP contribution in [-0.4, -0.2) is 4.57 Å². The fourth-order valence-corrected chi connectivity index (χ4v) is 10.6. The maximum absolute atomic E-state index is 15.5. The van der Waals surface area contributed by atoms with E-state index in [4.69, 9.17) is 0 Å². The molecule has 0 radical (unpaired) electrons. The van der Waals surface area contributed by atoms with Crippen molar-refractivity contribution in [3.05, 3.63) is 300 Å². The maximum atomic E-state index is 15.5. The fraction of sp³-hybridized carbons (Fsp3) is 0.0299. The molecule has 12 rings (SSSR count). The van der Waals surface area contributed by atoms with Crippen LogP contribution in [0.25, 0.3) is 77.4 Å². The normalized spacial score (nSPS) is 14.2. The van der Waals surface area contributed by atoms with Crippen LogP contribution >= 0.6 is 0 Å². The van der Waals surface area contributed by atoms with Gasteiger partial charge < -0.3 is 5.32 Å². The first kappa shape index (κ1) is 42.3. The van der Waals surface area contributed by atoms with Gasteiger partial charge >= 0.3 is 0 Å². The molecule has 0 fully saturated rings. The number of hydrogen-bond acceptors (Lipinski definition) is 2. The average molecular weight is 897 g/mol. The molecular formula is C67H48N2O. The van der Waals surface area contributed by atoms with Crippen molar-refractivity contribution < 1.29 is 0 Å². The van der Waals surface area contributed by atoms with Crippen LogP contribution in [0, 0.1) is 0 Å². The van der Waals surface area contributed by atoms with Crippen molar-refractivity contribution in [2.45, 2.75) is 12.3 Å². The highest BCUT2D eigenvalue weighted by atomic mass is 16.1. The zero-order valence-electron chi connectivity index (χ0n) is 38.8. The predicted molar refractivity (Wildman–Crippen MR) is 294 cm³/mol. The predicted octanol–water partition coefficient (Wildman–Crippen LogP) is 16.9. The summed E-state index contributed by atoms with van der Waals surface area (Å²) in [4.78, 5) is 15.5. The van der Waals surface area contributed by atoms with Gasteiger partial charge in [0, 0.05) is 22.1 Å². The topological polar surface area (TPSA) is 34.0 Å². The van der Waals surface area contributed by atoms with E-state index < -0.39 is 5.41 Å². The van der Waals surface area contributed by atoms with Crippen LogP contribution in [0.4, 0.5) is 11.4 Å². The van der Waals surface area contributed by atoms with Gasteiger partial charge in [-0.05, 0) is 139 Å². The molecule has 1 atom stereocenters. The van der Waals surface area contributed by atoms with E-state index in [1.54, 1.807) is 0 Å². The minimum Gasteiger partial charge on any atom is -0.355 e. The Labute approximate surface area is 408 Å². The lowest BCUT2D eigenvalue weighted by molar-refractivity contribution is 0.751. The fourth-order valence-electron chi connectivity index (χ4n) is 10.6. The number of aromatic nitrogens is 1. The second kappa shape index (κ2) is 17.9. The van der Waals surface area contributed by atoms with Gasteiger partial charge in [-0.15, -0.1) is 0 Å². The summed E-state index contributed by atoms with van der Waals surface area (Å²) in [5, 5.41) is 6.61. The molecule has 1 aliphatic heterocycles. The number of nitrogens with zero attached hydrogens (tertiary/aromatic N) is 1. The molecule has 1 aromatic heterocycles. The SMILES string of the molecule is C/C=C(\C=C/C1(c2cc(-c3ccccc3)ccc2Nc2ccc(-c3ccccc3)cc2)c2cc(-c3ccccc3)ccc2-n2c(=O)c3ccccc3c3cc(-c4ccccc4)cc1c32)c1ccccc1. The third kappa shape index (κ3) is 7.36. The number of nitrogens with one attached hydrogen (secondary N) is 1. The highest BCUT2D eigenvalue weighted by Crippen LogP contribution is 2.54. The molecule has 1 aliphatic rings. The summed E-state index contributed by atoms with van der Waals surface area (Å²) < 4.78 is 2.00. The summed E-state index contributed by atoms with van der Waals surface area (Å²) in [5.41, 5.74) is 16.7. The Morgan fingerprint density at radius 3 is 1.50 bits per heavy atom. The first-order valence-electron chi connectivity index (χ1n) is 24.0. The van der Waals surface area contributed by atoms with Gasteiger partial charge in [-0.1, -0.05) is 212 Å². The van der Waals surface area contributed by atoms with Crippen molar-refractivity contribution in [3.8, 4) is 50.2 Å². The largest absolute Gasteiger partial charge is 0.355 e. The molecule has 2 heterocycles. The van der Waals surface area contributed by atoms with E-state index >= 15 is 4.79 Å². The molecule has 1 N–H and O–H groups in total. The molecular weight excluding hydrogens is 849 g/mol. The van der Waals surface area contributed by atoms with E-state index in [9.17, 15) is 0 Å². The van der Waals surface area contributed by atoms with Crippen molar-refractivity contribution in [3.63, 3.8) is 0 Å². The van der Waals surface area contributed by atoms with Crippen molar-refractivity contribution >= 4 is 38.6 Å². The van der Waals surface area contributed by atoms with Gasteiger partial charge in [-0.25, -0.2) is 0 Å². The van der Waals surface area contributed by atoms with Gasteiger partial charge in [-0.2, -0.15) is 0 Å². The third-order valence-corrected chi connectivity index (χ3v) is 14.0. The van der Waals surface area contributed by atoms with E-state index in [-0.39, 0.29) is 5.56 Å². The standard InChI is InChI=1S/C67H48N2O/c1-2-46(47-20-8-3-9-21-47)40-41-67(60-43-53(49-24-12-5-13-25-49)34-38-63(60)68-56-36-32-52(33-37-56)48-22-10-4-11-23-48)61-44-54(50-26-14-6-15-27-50)35-39-64(61)69-65-59(57-30-18-19-31-58(57)66(69)70)42-55(45-62(65)67)51-28-16-7-17-29-51/h2-45,68H,1H3/b41-40-,46-2+. The summed E-state index contributed by atoms with van der Waals surface area (Å²) in [6.45, 7) is 2.11. The Balaban J connectivity index is 1.25. The minimum atomic E-state index is -1.02. The smallest absolute Gasteiger partial charge is 0.263 e. The van der Waals surface area contributed by atoms with E-state index in [0.717, 1.165) is 100 Å². The summed E-state index contributed by atoms with van der Waals surface area (Å²) >= 11 is 0. The number of allylic oxidation sites excluding steroid dienone is 4. The molecule has 3 heteroatoms. The average Bonchev–Trinajstić information content (AvgIpc) is 3.44. The Morgan fingerprint density at radius 2 is 0.900 bits per heavy atom. The van der Waals surface area contributed by atoms with Crippen LogP contribution in [0.15, 0.2) is 272 Å². The van der Waals surface area contributed by atoms with Crippen molar-refractivity contribution in [2.75, 3.05) is 5.32 Å². The summed E-state index contributed by atoms with van der Waals surface area (Å²) in [5.74, 6) is 0. The summed E-state index contributed by atoms with van der Waals surface area (Å²) in [6.07, 6.45) is 6.92. The molecule has 332 valence electrons. The van der Waals surface area contributed by atoms with E-state index in [1.807, 2.05) is 22.8 Å². The monoisotopic (exact) mass is 896 g/mol.